The van der Waals surface area contributed by atoms with Crippen molar-refractivity contribution in [2.75, 3.05) is 39.4 Å². The van der Waals surface area contributed by atoms with Gasteiger partial charge in [-0.25, -0.2) is 4.39 Å². The maximum absolute atomic E-state index is 13.7. The standard InChI is InChI=1S/C23H28FN3O3/c24-20-9-4-8-19(16-20)21(27-12-14-30-15-13-27)17-26-22(28)10-5-11-25-23(29)18-6-2-1-3-7-18/h1-4,6-9,16,21H,5,10-15,17H2,(H,25,29)(H,26,28). The third-order valence-electron chi connectivity index (χ3n) is 5.11. The van der Waals surface area contributed by atoms with Gasteiger partial charge in [-0.05, 0) is 36.2 Å². The summed E-state index contributed by atoms with van der Waals surface area (Å²) >= 11 is 0. The molecule has 30 heavy (non-hydrogen) atoms. The van der Waals surface area contributed by atoms with Crippen LogP contribution in [0.15, 0.2) is 54.6 Å². The van der Waals surface area contributed by atoms with E-state index < -0.39 is 0 Å². The summed E-state index contributed by atoms with van der Waals surface area (Å²) in [5, 5.41) is 5.78. The van der Waals surface area contributed by atoms with Gasteiger partial charge in [0, 0.05) is 38.2 Å². The highest BCUT2D eigenvalue weighted by atomic mass is 19.1. The maximum Gasteiger partial charge on any atom is 0.251 e. The Morgan fingerprint density at radius 2 is 1.80 bits per heavy atom. The first-order chi connectivity index (χ1) is 14.6. The molecule has 1 heterocycles. The zero-order chi connectivity index (χ0) is 21.2. The van der Waals surface area contributed by atoms with E-state index in [4.69, 9.17) is 4.74 Å². The van der Waals surface area contributed by atoms with E-state index in [1.54, 1.807) is 18.2 Å². The number of hydrogen-bond donors (Lipinski definition) is 2. The van der Waals surface area contributed by atoms with Crippen LogP contribution in [0.25, 0.3) is 0 Å². The largest absolute Gasteiger partial charge is 0.379 e. The maximum atomic E-state index is 13.7. The van der Waals surface area contributed by atoms with E-state index in [1.807, 2.05) is 24.3 Å². The van der Waals surface area contributed by atoms with Gasteiger partial charge < -0.3 is 15.4 Å². The highest BCUT2D eigenvalue weighted by Crippen LogP contribution is 2.22. The minimum Gasteiger partial charge on any atom is -0.379 e. The Morgan fingerprint density at radius 3 is 2.53 bits per heavy atom. The first-order valence-electron chi connectivity index (χ1n) is 10.3. The van der Waals surface area contributed by atoms with Crippen LogP contribution in [-0.4, -0.2) is 56.1 Å². The fraction of sp³-hybridized carbons (Fsp3) is 0.391. The lowest BCUT2D eigenvalue weighted by Crippen LogP contribution is -2.43. The van der Waals surface area contributed by atoms with Crippen molar-refractivity contribution in [2.24, 2.45) is 0 Å². The number of carbonyl (C=O) groups excluding carboxylic acids is 2. The SMILES string of the molecule is O=C(CCCNC(=O)c1ccccc1)NCC(c1cccc(F)c1)N1CCOCC1. The zero-order valence-electron chi connectivity index (χ0n) is 17.0. The molecule has 160 valence electrons. The Morgan fingerprint density at radius 1 is 1.03 bits per heavy atom. The van der Waals surface area contributed by atoms with Crippen molar-refractivity contribution in [3.05, 3.63) is 71.5 Å². The third-order valence-corrected chi connectivity index (χ3v) is 5.11. The normalized spacial score (nSPS) is 15.4. The van der Waals surface area contributed by atoms with E-state index in [2.05, 4.69) is 15.5 Å². The Kier molecular flexibility index (Phi) is 8.35. The van der Waals surface area contributed by atoms with Crippen molar-refractivity contribution >= 4 is 11.8 Å². The van der Waals surface area contributed by atoms with Gasteiger partial charge in [0.25, 0.3) is 5.91 Å². The molecule has 2 amide bonds. The fourth-order valence-electron chi connectivity index (χ4n) is 3.50. The van der Waals surface area contributed by atoms with E-state index in [0.29, 0.717) is 44.7 Å². The van der Waals surface area contributed by atoms with Crippen LogP contribution in [0.4, 0.5) is 4.39 Å². The van der Waals surface area contributed by atoms with Gasteiger partial charge in [0.05, 0.1) is 19.3 Å². The molecule has 1 fully saturated rings. The molecule has 0 aliphatic carbocycles. The minimum atomic E-state index is -0.286. The van der Waals surface area contributed by atoms with E-state index in [-0.39, 0.29) is 23.7 Å². The molecule has 6 nitrogen and oxygen atoms in total. The van der Waals surface area contributed by atoms with Crippen LogP contribution in [0.5, 0.6) is 0 Å². The molecule has 0 bridgehead atoms. The van der Waals surface area contributed by atoms with Crippen molar-refractivity contribution < 1.29 is 18.7 Å². The molecule has 3 rings (SSSR count). The van der Waals surface area contributed by atoms with E-state index in [9.17, 15) is 14.0 Å². The molecule has 2 N–H and O–H groups in total. The first kappa shape index (κ1) is 21.9. The van der Waals surface area contributed by atoms with Crippen molar-refractivity contribution in [1.82, 2.24) is 15.5 Å². The van der Waals surface area contributed by atoms with Crippen LogP contribution in [-0.2, 0) is 9.53 Å². The zero-order valence-corrected chi connectivity index (χ0v) is 17.0. The second-order valence-corrected chi connectivity index (χ2v) is 7.25. The molecule has 1 aliphatic rings. The minimum absolute atomic E-state index is 0.0846. The topological polar surface area (TPSA) is 70.7 Å². The molecule has 1 atom stereocenters. The summed E-state index contributed by atoms with van der Waals surface area (Å²) in [5.74, 6) is -0.514. The molecule has 1 aliphatic heterocycles. The number of hydrogen-bond acceptors (Lipinski definition) is 4. The highest BCUT2D eigenvalue weighted by Gasteiger charge is 2.23. The van der Waals surface area contributed by atoms with Gasteiger partial charge in [0.2, 0.25) is 5.91 Å². The van der Waals surface area contributed by atoms with Crippen LogP contribution in [0.1, 0.15) is 34.8 Å². The molecule has 2 aromatic carbocycles. The quantitative estimate of drug-likeness (QED) is 0.620. The number of rotatable bonds is 9. The summed E-state index contributed by atoms with van der Waals surface area (Å²) in [6, 6.07) is 15.4. The lowest BCUT2D eigenvalue weighted by molar-refractivity contribution is -0.121. The average molecular weight is 413 g/mol. The molecule has 0 saturated carbocycles. The molecule has 2 aromatic rings. The summed E-state index contributed by atoms with van der Waals surface area (Å²) in [5.41, 5.74) is 1.44. The summed E-state index contributed by atoms with van der Waals surface area (Å²) in [6.45, 7) is 3.56. The lowest BCUT2D eigenvalue weighted by atomic mass is 10.0. The molecule has 0 aromatic heterocycles. The van der Waals surface area contributed by atoms with Crippen LogP contribution in [0.2, 0.25) is 0 Å². The Labute approximate surface area is 176 Å². The van der Waals surface area contributed by atoms with Crippen molar-refractivity contribution in [3.8, 4) is 0 Å². The summed E-state index contributed by atoms with van der Waals surface area (Å²) in [4.78, 5) is 26.5. The van der Waals surface area contributed by atoms with Crippen LogP contribution < -0.4 is 10.6 Å². The van der Waals surface area contributed by atoms with Gasteiger partial charge in [-0.2, -0.15) is 0 Å². The van der Waals surface area contributed by atoms with Gasteiger partial charge >= 0.3 is 0 Å². The number of ether oxygens (including phenoxy) is 1. The monoisotopic (exact) mass is 413 g/mol. The van der Waals surface area contributed by atoms with E-state index >= 15 is 0 Å². The van der Waals surface area contributed by atoms with Crippen LogP contribution >= 0.6 is 0 Å². The van der Waals surface area contributed by atoms with Crippen LogP contribution in [0, 0.1) is 5.82 Å². The van der Waals surface area contributed by atoms with Gasteiger partial charge in [-0.3, -0.25) is 14.5 Å². The van der Waals surface area contributed by atoms with Gasteiger partial charge in [0.15, 0.2) is 0 Å². The second-order valence-electron chi connectivity index (χ2n) is 7.25. The number of halogens is 1. The molecule has 7 heteroatoms. The summed E-state index contributed by atoms with van der Waals surface area (Å²) in [7, 11) is 0. The Bertz CT molecular complexity index is 825. The van der Waals surface area contributed by atoms with E-state index in [1.165, 1.54) is 12.1 Å². The molecule has 0 spiro atoms. The number of amides is 2. The highest BCUT2D eigenvalue weighted by molar-refractivity contribution is 5.94. The Balaban J connectivity index is 1.45. The molecular formula is C23H28FN3O3. The summed E-state index contributed by atoms with van der Waals surface area (Å²) < 4.78 is 19.1. The first-order valence-corrected chi connectivity index (χ1v) is 10.3. The van der Waals surface area contributed by atoms with Crippen molar-refractivity contribution in [2.45, 2.75) is 18.9 Å². The molecule has 1 unspecified atom stereocenters. The average Bonchev–Trinajstić information content (AvgIpc) is 2.78. The predicted molar refractivity (Wildman–Crippen MR) is 113 cm³/mol. The molecule has 1 saturated heterocycles. The van der Waals surface area contributed by atoms with Gasteiger partial charge in [-0.15, -0.1) is 0 Å². The second kappa shape index (κ2) is 11.4. The smallest absolute Gasteiger partial charge is 0.251 e. The van der Waals surface area contributed by atoms with Crippen LogP contribution in [0.3, 0.4) is 0 Å². The van der Waals surface area contributed by atoms with E-state index in [0.717, 1.165) is 18.7 Å². The Hall–Kier alpha value is -2.77. The number of nitrogens with one attached hydrogen (secondary N) is 2. The fourth-order valence-corrected chi connectivity index (χ4v) is 3.50. The van der Waals surface area contributed by atoms with Gasteiger partial charge in [-0.1, -0.05) is 30.3 Å². The van der Waals surface area contributed by atoms with Crippen molar-refractivity contribution in [1.29, 1.82) is 0 Å². The van der Waals surface area contributed by atoms with Crippen molar-refractivity contribution in [3.63, 3.8) is 0 Å². The van der Waals surface area contributed by atoms with Gasteiger partial charge in [0.1, 0.15) is 5.82 Å². The third kappa shape index (κ3) is 6.64. The number of nitrogens with zero attached hydrogens (tertiary/aromatic N) is 1. The summed E-state index contributed by atoms with van der Waals surface area (Å²) in [6.07, 6.45) is 0.862. The lowest BCUT2D eigenvalue weighted by Gasteiger charge is -2.35. The number of carbonyl (C=O) groups is 2. The molecular weight excluding hydrogens is 385 g/mol. The number of morpholine rings is 1. The predicted octanol–water partition coefficient (Wildman–Crippen LogP) is 2.53. The number of benzene rings is 2. The molecule has 0 radical (unpaired) electrons.